The van der Waals surface area contributed by atoms with Crippen molar-refractivity contribution in [2.45, 2.75) is 0 Å². The van der Waals surface area contributed by atoms with E-state index in [0.717, 1.165) is 31.9 Å². The zero-order valence-electron chi connectivity index (χ0n) is 15.9. The van der Waals surface area contributed by atoms with E-state index in [1.54, 1.807) is 12.2 Å². The molecular weight excluding hydrogens is 338 g/mol. The summed E-state index contributed by atoms with van der Waals surface area (Å²) < 4.78 is 0. The Labute approximate surface area is 161 Å². The van der Waals surface area contributed by atoms with E-state index in [-0.39, 0.29) is 11.5 Å². The standard InChI is InChI=1S/C21H27N5O/c1-4-10-26(11-5-2)21(27)18(16-22)17-23-19-6-8-20(9-7-19)25-14-12-24(3)13-15-25/h4-9,17,23H,1-2,10-15H2,3H3/b18-17-. The van der Waals surface area contributed by atoms with E-state index in [0.29, 0.717) is 13.1 Å². The SMILES string of the molecule is C=CCN(CC=C)C(=O)/C(C#N)=C\Nc1ccc(N2CCN(C)CC2)cc1. The molecule has 0 spiro atoms. The molecule has 0 bridgehead atoms. The molecule has 1 fully saturated rings. The van der Waals surface area contributed by atoms with E-state index in [1.807, 2.05) is 18.2 Å². The summed E-state index contributed by atoms with van der Waals surface area (Å²) in [4.78, 5) is 18.6. The fraction of sp³-hybridized carbons (Fsp3) is 0.333. The van der Waals surface area contributed by atoms with Crippen LogP contribution in [0.4, 0.5) is 11.4 Å². The third kappa shape index (κ3) is 5.73. The summed E-state index contributed by atoms with van der Waals surface area (Å²) in [5.41, 5.74) is 2.05. The summed E-state index contributed by atoms with van der Waals surface area (Å²) >= 11 is 0. The van der Waals surface area contributed by atoms with Gasteiger partial charge in [-0.1, -0.05) is 12.2 Å². The molecule has 1 aliphatic heterocycles. The molecule has 1 saturated heterocycles. The van der Waals surface area contributed by atoms with Crippen LogP contribution in [0.15, 0.2) is 61.3 Å². The third-order valence-corrected chi connectivity index (χ3v) is 4.46. The molecule has 2 rings (SSSR count). The van der Waals surface area contributed by atoms with Crippen LogP contribution in [0.1, 0.15) is 0 Å². The topological polar surface area (TPSA) is 62.6 Å². The summed E-state index contributed by atoms with van der Waals surface area (Å²) in [5, 5.41) is 12.4. The average molecular weight is 365 g/mol. The van der Waals surface area contributed by atoms with Crippen LogP contribution in [0.2, 0.25) is 0 Å². The Hall–Kier alpha value is -3.04. The number of anilines is 2. The largest absolute Gasteiger partial charge is 0.369 e. The van der Waals surface area contributed by atoms with Crippen LogP contribution >= 0.6 is 0 Å². The van der Waals surface area contributed by atoms with Gasteiger partial charge < -0.3 is 20.0 Å². The van der Waals surface area contributed by atoms with Crippen LogP contribution in [-0.2, 0) is 4.79 Å². The lowest BCUT2D eigenvalue weighted by Gasteiger charge is -2.34. The van der Waals surface area contributed by atoms with E-state index in [9.17, 15) is 10.1 Å². The van der Waals surface area contributed by atoms with E-state index < -0.39 is 0 Å². The normalized spacial score (nSPS) is 15.0. The zero-order chi connectivity index (χ0) is 19.6. The number of nitriles is 1. The molecule has 1 aromatic rings. The van der Waals surface area contributed by atoms with Crippen molar-refractivity contribution in [3.05, 3.63) is 61.3 Å². The molecule has 1 amide bonds. The van der Waals surface area contributed by atoms with Gasteiger partial charge >= 0.3 is 0 Å². The molecular formula is C21H27N5O. The van der Waals surface area contributed by atoms with Gasteiger partial charge in [-0.25, -0.2) is 0 Å². The van der Waals surface area contributed by atoms with E-state index in [1.165, 1.54) is 16.8 Å². The molecule has 6 heteroatoms. The average Bonchev–Trinajstić information content (AvgIpc) is 2.69. The lowest BCUT2D eigenvalue weighted by Crippen LogP contribution is -2.44. The predicted octanol–water partition coefficient (Wildman–Crippen LogP) is 2.46. The van der Waals surface area contributed by atoms with Crippen LogP contribution in [-0.4, -0.2) is 62.0 Å². The minimum atomic E-state index is -0.348. The van der Waals surface area contributed by atoms with Gasteiger partial charge in [0.15, 0.2) is 0 Å². The van der Waals surface area contributed by atoms with Gasteiger partial charge in [-0.15, -0.1) is 13.2 Å². The first-order chi connectivity index (χ1) is 13.1. The molecule has 6 nitrogen and oxygen atoms in total. The first-order valence-electron chi connectivity index (χ1n) is 9.00. The van der Waals surface area contributed by atoms with Crippen LogP contribution in [0.3, 0.4) is 0 Å². The molecule has 0 atom stereocenters. The number of carbonyl (C=O) groups is 1. The number of amides is 1. The van der Waals surface area contributed by atoms with Crippen molar-refractivity contribution in [3.63, 3.8) is 0 Å². The minimum absolute atomic E-state index is 0.0434. The highest BCUT2D eigenvalue weighted by Gasteiger charge is 2.16. The highest BCUT2D eigenvalue weighted by molar-refractivity contribution is 5.97. The van der Waals surface area contributed by atoms with Gasteiger partial charge in [-0.05, 0) is 31.3 Å². The highest BCUT2D eigenvalue weighted by atomic mass is 16.2. The van der Waals surface area contributed by atoms with Gasteiger partial charge in [0.05, 0.1) is 0 Å². The molecule has 1 heterocycles. The van der Waals surface area contributed by atoms with E-state index >= 15 is 0 Å². The second-order valence-electron chi connectivity index (χ2n) is 6.44. The molecule has 0 aliphatic carbocycles. The maximum atomic E-state index is 12.5. The Balaban J connectivity index is 2.02. The fourth-order valence-electron chi connectivity index (χ4n) is 2.85. The first-order valence-corrected chi connectivity index (χ1v) is 9.00. The molecule has 0 aromatic heterocycles. The van der Waals surface area contributed by atoms with Crippen molar-refractivity contribution < 1.29 is 4.79 Å². The van der Waals surface area contributed by atoms with Crippen molar-refractivity contribution >= 4 is 17.3 Å². The lowest BCUT2D eigenvalue weighted by atomic mass is 10.2. The molecule has 1 aromatic carbocycles. The number of carbonyl (C=O) groups excluding carboxylic acids is 1. The smallest absolute Gasteiger partial charge is 0.266 e. The molecule has 1 N–H and O–H groups in total. The Morgan fingerprint density at radius 1 is 1.19 bits per heavy atom. The second kappa shape index (κ2) is 10.2. The number of benzene rings is 1. The highest BCUT2D eigenvalue weighted by Crippen LogP contribution is 2.19. The summed E-state index contributed by atoms with van der Waals surface area (Å²) in [6, 6.07) is 9.97. The van der Waals surface area contributed by atoms with Crippen molar-refractivity contribution in [1.29, 1.82) is 5.26 Å². The molecule has 27 heavy (non-hydrogen) atoms. The molecule has 0 unspecified atom stereocenters. The Kier molecular flexibility index (Phi) is 7.65. The Morgan fingerprint density at radius 3 is 2.30 bits per heavy atom. The van der Waals surface area contributed by atoms with Crippen molar-refractivity contribution in [3.8, 4) is 6.07 Å². The van der Waals surface area contributed by atoms with Crippen LogP contribution < -0.4 is 10.2 Å². The number of nitrogens with one attached hydrogen (secondary N) is 1. The first kappa shape index (κ1) is 20.3. The van der Waals surface area contributed by atoms with Crippen LogP contribution in [0, 0.1) is 11.3 Å². The van der Waals surface area contributed by atoms with Crippen molar-refractivity contribution in [2.75, 3.05) is 56.5 Å². The van der Waals surface area contributed by atoms with Gasteiger partial charge in [0, 0.05) is 56.8 Å². The second-order valence-corrected chi connectivity index (χ2v) is 6.44. The predicted molar refractivity (Wildman–Crippen MR) is 110 cm³/mol. The Bertz CT molecular complexity index is 714. The monoisotopic (exact) mass is 365 g/mol. The number of hydrogen-bond donors (Lipinski definition) is 1. The summed E-state index contributed by atoms with van der Waals surface area (Å²) in [6.45, 7) is 12.2. The Morgan fingerprint density at radius 2 is 1.78 bits per heavy atom. The quantitative estimate of drug-likeness (QED) is 0.436. The lowest BCUT2D eigenvalue weighted by molar-refractivity contribution is -0.125. The van der Waals surface area contributed by atoms with Crippen LogP contribution in [0.5, 0.6) is 0 Å². The van der Waals surface area contributed by atoms with E-state index in [4.69, 9.17) is 0 Å². The van der Waals surface area contributed by atoms with Gasteiger partial charge in [0.25, 0.3) is 5.91 Å². The fourth-order valence-corrected chi connectivity index (χ4v) is 2.85. The molecule has 0 saturated carbocycles. The maximum Gasteiger partial charge on any atom is 0.266 e. The molecule has 1 aliphatic rings. The van der Waals surface area contributed by atoms with Gasteiger partial charge in [0.1, 0.15) is 11.6 Å². The number of piperazine rings is 1. The third-order valence-electron chi connectivity index (χ3n) is 4.46. The number of rotatable bonds is 8. The van der Waals surface area contributed by atoms with E-state index in [2.05, 4.69) is 47.5 Å². The maximum absolute atomic E-state index is 12.5. The van der Waals surface area contributed by atoms with Crippen molar-refractivity contribution in [2.24, 2.45) is 0 Å². The summed E-state index contributed by atoms with van der Waals surface area (Å²) in [7, 11) is 2.13. The number of hydrogen-bond acceptors (Lipinski definition) is 5. The summed E-state index contributed by atoms with van der Waals surface area (Å²) in [5.74, 6) is -0.348. The molecule has 142 valence electrons. The number of likely N-dealkylation sites (N-methyl/N-ethyl adjacent to an activating group) is 1. The number of nitrogens with zero attached hydrogens (tertiary/aromatic N) is 4. The molecule has 0 radical (unpaired) electrons. The van der Waals surface area contributed by atoms with Gasteiger partial charge in [-0.2, -0.15) is 5.26 Å². The zero-order valence-corrected chi connectivity index (χ0v) is 15.9. The van der Waals surface area contributed by atoms with Crippen LogP contribution in [0.25, 0.3) is 0 Å². The summed E-state index contributed by atoms with van der Waals surface area (Å²) in [6.07, 6.45) is 4.70. The van der Waals surface area contributed by atoms with Gasteiger partial charge in [0.2, 0.25) is 0 Å². The van der Waals surface area contributed by atoms with Gasteiger partial charge in [-0.3, -0.25) is 4.79 Å². The van der Waals surface area contributed by atoms with Crippen molar-refractivity contribution in [1.82, 2.24) is 9.80 Å². The minimum Gasteiger partial charge on any atom is -0.369 e.